The van der Waals surface area contributed by atoms with Crippen molar-refractivity contribution in [2.45, 2.75) is 19.8 Å². The molecule has 2 aromatic rings. The molecule has 0 bridgehead atoms. The van der Waals surface area contributed by atoms with Gasteiger partial charge in [0.1, 0.15) is 5.75 Å². The normalized spacial score (nSPS) is 10.6. The van der Waals surface area contributed by atoms with Gasteiger partial charge in [0.05, 0.1) is 5.02 Å². The number of nitrogens with one attached hydrogen (secondary N) is 1. The Morgan fingerprint density at radius 3 is 2.35 bits per heavy atom. The van der Waals surface area contributed by atoms with Gasteiger partial charge < -0.3 is 10.4 Å². The molecule has 0 unspecified atom stereocenters. The molecular formula is C16H16ClNO2. The maximum Gasteiger partial charge on any atom is 0.255 e. The largest absolute Gasteiger partial charge is 0.506 e. The van der Waals surface area contributed by atoms with E-state index in [9.17, 15) is 9.90 Å². The van der Waals surface area contributed by atoms with Crippen LogP contribution in [0.2, 0.25) is 5.02 Å². The summed E-state index contributed by atoms with van der Waals surface area (Å²) in [6.45, 7) is 4.21. The second-order valence-corrected chi connectivity index (χ2v) is 5.30. The summed E-state index contributed by atoms with van der Waals surface area (Å²) in [6.07, 6.45) is 0. The number of benzene rings is 2. The number of carbonyl (C=O) groups is 1. The van der Waals surface area contributed by atoms with Crippen LogP contribution in [0.25, 0.3) is 0 Å². The highest BCUT2D eigenvalue weighted by molar-refractivity contribution is 6.32. The van der Waals surface area contributed by atoms with Crippen molar-refractivity contribution in [1.82, 2.24) is 0 Å². The van der Waals surface area contributed by atoms with Gasteiger partial charge >= 0.3 is 0 Å². The maximum absolute atomic E-state index is 12.1. The van der Waals surface area contributed by atoms with Crippen molar-refractivity contribution in [1.29, 1.82) is 0 Å². The second kappa shape index (κ2) is 5.97. The fourth-order valence-corrected chi connectivity index (χ4v) is 1.99. The molecule has 0 aliphatic rings. The number of rotatable bonds is 3. The molecule has 0 aliphatic heterocycles. The van der Waals surface area contributed by atoms with Crippen molar-refractivity contribution in [3.8, 4) is 5.75 Å². The van der Waals surface area contributed by atoms with Crippen molar-refractivity contribution in [2.24, 2.45) is 0 Å². The molecule has 0 spiro atoms. The number of halogens is 1. The van der Waals surface area contributed by atoms with Crippen molar-refractivity contribution in [2.75, 3.05) is 5.32 Å². The quantitative estimate of drug-likeness (QED) is 0.822. The number of phenolic OH excluding ortho intramolecular Hbond substituents is 1. The number of carbonyl (C=O) groups excluding carboxylic acids is 1. The second-order valence-electron chi connectivity index (χ2n) is 4.90. The summed E-state index contributed by atoms with van der Waals surface area (Å²) in [6, 6.07) is 12.0. The van der Waals surface area contributed by atoms with E-state index in [1.165, 1.54) is 17.7 Å². The molecule has 20 heavy (non-hydrogen) atoms. The first kappa shape index (κ1) is 14.4. The lowest BCUT2D eigenvalue weighted by Crippen LogP contribution is -2.11. The van der Waals surface area contributed by atoms with Crippen LogP contribution in [0.1, 0.15) is 35.7 Å². The van der Waals surface area contributed by atoms with E-state index >= 15 is 0 Å². The number of phenols is 1. The molecule has 0 fully saturated rings. The lowest BCUT2D eigenvalue weighted by atomic mass is 10.0. The van der Waals surface area contributed by atoms with Gasteiger partial charge in [-0.2, -0.15) is 0 Å². The van der Waals surface area contributed by atoms with Crippen LogP contribution < -0.4 is 5.32 Å². The Hall–Kier alpha value is -2.00. The van der Waals surface area contributed by atoms with Crippen LogP contribution in [-0.2, 0) is 0 Å². The van der Waals surface area contributed by atoms with E-state index in [2.05, 4.69) is 19.2 Å². The van der Waals surface area contributed by atoms with Crippen LogP contribution in [0.3, 0.4) is 0 Å². The lowest BCUT2D eigenvalue weighted by Gasteiger charge is -2.08. The topological polar surface area (TPSA) is 49.3 Å². The third-order valence-corrected chi connectivity index (χ3v) is 3.35. The summed E-state index contributed by atoms with van der Waals surface area (Å²) < 4.78 is 0. The molecule has 0 heterocycles. The van der Waals surface area contributed by atoms with Gasteiger partial charge in [-0.15, -0.1) is 0 Å². The molecule has 0 aliphatic carbocycles. The summed E-state index contributed by atoms with van der Waals surface area (Å²) in [5.41, 5.74) is 2.32. The predicted octanol–water partition coefficient (Wildman–Crippen LogP) is 4.42. The number of amides is 1. The predicted molar refractivity (Wildman–Crippen MR) is 81.6 cm³/mol. The number of hydrogen-bond donors (Lipinski definition) is 2. The van der Waals surface area contributed by atoms with Crippen molar-refractivity contribution in [3.05, 3.63) is 58.6 Å². The summed E-state index contributed by atoms with van der Waals surface area (Å²) >= 11 is 5.80. The number of aromatic hydroxyl groups is 1. The third kappa shape index (κ3) is 3.31. The minimum Gasteiger partial charge on any atom is -0.506 e. The van der Waals surface area contributed by atoms with Gasteiger partial charge in [-0.25, -0.2) is 0 Å². The van der Waals surface area contributed by atoms with Gasteiger partial charge in [-0.3, -0.25) is 4.79 Å². The molecule has 4 heteroatoms. The van der Waals surface area contributed by atoms with Crippen molar-refractivity contribution in [3.63, 3.8) is 0 Å². The summed E-state index contributed by atoms with van der Waals surface area (Å²) in [4.78, 5) is 12.1. The smallest absolute Gasteiger partial charge is 0.255 e. The molecule has 1 amide bonds. The van der Waals surface area contributed by atoms with E-state index in [0.717, 1.165) is 0 Å². The van der Waals surface area contributed by atoms with Crippen LogP contribution in [0.5, 0.6) is 5.75 Å². The van der Waals surface area contributed by atoms with E-state index in [4.69, 9.17) is 11.6 Å². The Morgan fingerprint density at radius 2 is 1.80 bits per heavy atom. The highest BCUT2D eigenvalue weighted by Crippen LogP contribution is 2.26. The molecule has 0 aromatic heterocycles. The molecule has 104 valence electrons. The van der Waals surface area contributed by atoms with Gasteiger partial charge in [-0.1, -0.05) is 37.6 Å². The highest BCUT2D eigenvalue weighted by atomic mass is 35.5. The molecule has 0 saturated carbocycles. The molecule has 0 radical (unpaired) electrons. The molecule has 2 N–H and O–H groups in total. The van der Waals surface area contributed by atoms with E-state index in [-0.39, 0.29) is 16.7 Å². The van der Waals surface area contributed by atoms with Gasteiger partial charge in [0.15, 0.2) is 0 Å². The molecule has 2 aromatic carbocycles. The van der Waals surface area contributed by atoms with Gasteiger partial charge in [0, 0.05) is 11.3 Å². The zero-order valence-electron chi connectivity index (χ0n) is 11.4. The minimum absolute atomic E-state index is 0.00838. The minimum atomic E-state index is -0.206. The van der Waals surface area contributed by atoms with E-state index in [0.29, 0.717) is 17.2 Å². The Kier molecular flexibility index (Phi) is 4.30. The SMILES string of the molecule is CC(C)c1ccc(C(=O)Nc2ccc(O)c(Cl)c2)cc1. The van der Waals surface area contributed by atoms with Crippen LogP contribution in [-0.4, -0.2) is 11.0 Å². The van der Waals surface area contributed by atoms with Crippen LogP contribution in [0, 0.1) is 0 Å². The van der Waals surface area contributed by atoms with Crippen LogP contribution in [0.4, 0.5) is 5.69 Å². The molecule has 0 saturated heterocycles. The van der Waals surface area contributed by atoms with Gasteiger partial charge in [-0.05, 0) is 41.8 Å². The molecular weight excluding hydrogens is 274 g/mol. The average molecular weight is 290 g/mol. The molecule has 3 nitrogen and oxygen atoms in total. The van der Waals surface area contributed by atoms with Crippen LogP contribution in [0.15, 0.2) is 42.5 Å². The Balaban J connectivity index is 2.13. The Labute approximate surface area is 123 Å². The average Bonchev–Trinajstić information content (AvgIpc) is 2.43. The van der Waals surface area contributed by atoms with Crippen LogP contribution >= 0.6 is 11.6 Å². The number of anilines is 1. The van der Waals surface area contributed by atoms with Gasteiger partial charge in [0.25, 0.3) is 5.91 Å². The maximum atomic E-state index is 12.1. The van der Waals surface area contributed by atoms with Crippen molar-refractivity contribution < 1.29 is 9.90 Å². The highest BCUT2D eigenvalue weighted by Gasteiger charge is 2.08. The zero-order chi connectivity index (χ0) is 14.7. The Bertz CT molecular complexity index is 621. The van der Waals surface area contributed by atoms with E-state index < -0.39 is 0 Å². The third-order valence-electron chi connectivity index (χ3n) is 3.05. The first-order valence-electron chi connectivity index (χ1n) is 6.37. The first-order valence-corrected chi connectivity index (χ1v) is 6.75. The molecule has 0 atom stereocenters. The fraction of sp³-hybridized carbons (Fsp3) is 0.188. The zero-order valence-corrected chi connectivity index (χ0v) is 12.1. The number of hydrogen-bond acceptors (Lipinski definition) is 2. The van der Waals surface area contributed by atoms with Gasteiger partial charge in [0.2, 0.25) is 0 Å². The lowest BCUT2D eigenvalue weighted by molar-refractivity contribution is 0.102. The first-order chi connectivity index (χ1) is 9.47. The fourth-order valence-electron chi connectivity index (χ4n) is 1.81. The van der Waals surface area contributed by atoms with E-state index in [1.807, 2.05) is 12.1 Å². The summed E-state index contributed by atoms with van der Waals surface area (Å²) in [7, 11) is 0. The summed E-state index contributed by atoms with van der Waals surface area (Å²) in [5.74, 6) is 0.219. The standard InChI is InChI=1S/C16H16ClNO2/c1-10(2)11-3-5-12(6-4-11)16(20)18-13-7-8-15(19)14(17)9-13/h3-10,19H,1-2H3,(H,18,20). The molecule has 2 rings (SSSR count). The van der Waals surface area contributed by atoms with E-state index in [1.54, 1.807) is 18.2 Å². The Morgan fingerprint density at radius 1 is 1.15 bits per heavy atom. The van der Waals surface area contributed by atoms with Crippen molar-refractivity contribution >= 4 is 23.2 Å². The monoisotopic (exact) mass is 289 g/mol. The summed E-state index contributed by atoms with van der Waals surface area (Å²) in [5, 5.41) is 12.3.